The first kappa shape index (κ1) is 22.5. The molecule has 8 heteroatoms. The molecule has 1 aliphatic rings. The van der Waals surface area contributed by atoms with Crippen molar-refractivity contribution in [3.63, 3.8) is 0 Å². The van der Waals surface area contributed by atoms with E-state index >= 15 is 0 Å². The van der Waals surface area contributed by atoms with Crippen molar-refractivity contribution in [1.82, 2.24) is 0 Å². The Morgan fingerprint density at radius 3 is 2.52 bits per heavy atom. The van der Waals surface area contributed by atoms with E-state index in [4.69, 9.17) is 5.11 Å². The van der Waals surface area contributed by atoms with Gasteiger partial charge >= 0.3 is 5.97 Å². The molecular weight excluding hydrogens is 440 g/mol. The second-order valence-electron chi connectivity index (χ2n) is 7.97. The maximum absolute atomic E-state index is 12.5. The summed E-state index contributed by atoms with van der Waals surface area (Å²) in [6.45, 7) is 1.51. The van der Waals surface area contributed by atoms with Gasteiger partial charge in [0.2, 0.25) is 0 Å². The highest BCUT2D eigenvalue weighted by molar-refractivity contribution is 7.14. The number of carboxylic acids is 1. The van der Waals surface area contributed by atoms with Crippen LogP contribution >= 0.6 is 11.3 Å². The average molecular weight is 463 g/mol. The number of nitrogens with zero attached hydrogens (tertiary/aromatic N) is 2. The number of ketones is 1. The van der Waals surface area contributed by atoms with Crippen molar-refractivity contribution in [1.29, 1.82) is 0 Å². The van der Waals surface area contributed by atoms with Gasteiger partial charge in [-0.3, -0.25) is 9.79 Å². The SMILES string of the molecule is CC(=NCC(=O)c1ccc(C(=O)O)c(N=O)c1)c1csc(-c2ccc3c(c2)CCCC3)c1O. The maximum Gasteiger partial charge on any atom is 0.338 e. The molecule has 0 bridgehead atoms. The van der Waals surface area contributed by atoms with E-state index in [1.165, 1.54) is 47.4 Å². The predicted molar refractivity (Wildman–Crippen MR) is 128 cm³/mol. The number of aromatic carboxylic acids is 1. The van der Waals surface area contributed by atoms with Crippen LogP contribution < -0.4 is 0 Å². The number of aliphatic imine (C=N–C) groups is 1. The first-order chi connectivity index (χ1) is 15.9. The van der Waals surface area contributed by atoms with Crippen molar-refractivity contribution in [2.24, 2.45) is 10.2 Å². The van der Waals surface area contributed by atoms with Gasteiger partial charge in [0.1, 0.15) is 18.0 Å². The highest BCUT2D eigenvalue weighted by Crippen LogP contribution is 2.40. The van der Waals surface area contributed by atoms with E-state index in [2.05, 4.69) is 22.3 Å². The molecule has 1 aliphatic carbocycles. The lowest BCUT2D eigenvalue weighted by Crippen LogP contribution is -2.07. The summed E-state index contributed by atoms with van der Waals surface area (Å²) >= 11 is 1.43. The summed E-state index contributed by atoms with van der Waals surface area (Å²) in [5, 5.41) is 24.4. The minimum absolute atomic E-state index is 0.141. The van der Waals surface area contributed by atoms with Gasteiger partial charge in [0.15, 0.2) is 5.78 Å². The fourth-order valence-electron chi connectivity index (χ4n) is 4.02. The number of aromatic hydroxyl groups is 1. The molecule has 0 unspecified atom stereocenters. The molecule has 0 spiro atoms. The van der Waals surface area contributed by atoms with Crippen molar-refractivity contribution in [2.75, 3.05) is 6.54 Å². The van der Waals surface area contributed by atoms with E-state index in [0.29, 0.717) is 11.3 Å². The summed E-state index contributed by atoms with van der Waals surface area (Å²) in [6.07, 6.45) is 4.55. The number of hydrogen-bond donors (Lipinski definition) is 2. The van der Waals surface area contributed by atoms with Crippen LogP contribution in [0.4, 0.5) is 5.69 Å². The van der Waals surface area contributed by atoms with E-state index in [9.17, 15) is 19.6 Å². The normalized spacial score (nSPS) is 13.4. The van der Waals surface area contributed by atoms with E-state index in [1.807, 2.05) is 11.4 Å². The largest absolute Gasteiger partial charge is 0.506 e. The zero-order valence-corrected chi connectivity index (χ0v) is 18.8. The maximum atomic E-state index is 12.5. The third kappa shape index (κ3) is 4.61. The number of carbonyl (C=O) groups is 2. The van der Waals surface area contributed by atoms with Gasteiger partial charge in [-0.1, -0.05) is 18.2 Å². The highest BCUT2D eigenvalue weighted by atomic mass is 32.1. The molecule has 1 heterocycles. The van der Waals surface area contributed by atoms with E-state index in [-0.39, 0.29) is 34.9 Å². The van der Waals surface area contributed by atoms with Gasteiger partial charge in [-0.2, -0.15) is 0 Å². The molecule has 0 fully saturated rings. The molecule has 33 heavy (non-hydrogen) atoms. The lowest BCUT2D eigenvalue weighted by atomic mass is 9.90. The Kier molecular flexibility index (Phi) is 6.46. The van der Waals surface area contributed by atoms with E-state index < -0.39 is 5.97 Å². The van der Waals surface area contributed by atoms with Crippen LogP contribution in [0.5, 0.6) is 5.75 Å². The number of thiophene rings is 1. The Morgan fingerprint density at radius 1 is 1.03 bits per heavy atom. The Bertz CT molecular complexity index is 1290. The van der Waals surface area contributed by atoms with Crippen LogP contribution in [-0.2, 0) is 12.8 Å². The average Bonchev–Trinajstić information content (AvgIpc) is 3.22. The number of aryl methyl sites for hydroxylation is 2. The molecule has 0 atom stereocenters. The quantitative estimate of drug-likeness (QED) is 0.262. The van der Waals surface area contributed by atoms with Gasteiger partial charge in [0, 0.05) is 22.2 Å². The standard InChI is InChI=1S/C25H22N2O5S/c1-14(26-12-22(28)17-8-9-19(25(30)31)21(11-17)27-32)20-13-33-24(23(20)29)18-7-6-15-4-2-3-5-16(15)10-18/h6-11,13,29H,2-5,12H2,1H3,(H,30,31). The summed E-state index contributed by atoms with van der Waals surface area (Å²) < 4.78 is 0. The van der Waals surface area contributed by atoms with Crippen molar-refractivity contribution in [3.8, 4) is 16.2 Å². The van der Waals surface area contributed by atoms with Gasteiger partial charge < -0.3 is 10.2 Å². The molecule has 168 valence electrons. The molecule has 0 radical (unpaired) electrons. The first-order valence-electron chi connectivity index (χ1n) is 10.6. The second-order valence-corrected chi connectivity index (χ2v) is 8.85. The molecule has 7 nitrogen and oxygen atoms in total. The number of fused-ring (bicyclic) bond motifs is 1. The monoisotopic (exact) mass is 462 g/mol. The molecule has 2 N–H and O–H groups in total. The number of carboxylic acid groups (broad SMARTS) is 1. The van der Waals surface area contributed by atoms with Gasteiger partial charge in [-0.15, -0.1) is 16.2 Å². The van der Waals surface area contributed by atoms with Crippen molar-refractivity contribution >= 4 is 34.5 Å². The van der Waals surface area contributed by atoms with Crippen LogP contribution in [0.3, 0.4) is 0 Å². The second kappa shape index (κ2) is 9.46. The fourth-order valence-corrected chi connectivity index (χ4v) is 5.02. The third-order valence-corrected chi connectivity index (χ3v) is 6.89. The van der Waals surface area contributed by atoms with Gasteiger partial charge in [0.05, 0.1) is 10.4 Å². The van der Waals surface area contributed by atoms with Crippen molar-refractivity contribution < 1.29 is 19.8 Å². The Balaban J connectivity index is 1.53. The molecule has 0 aliphatic heterocycles. The number of Topliss-reactive ketones (excluding diaryl/α,β-unsaturated/α-hetero) is 1. The molecule has 4 rings (SSSR count). The minimum atomic E-state index is -1.29. The van der Waals surface area contributed by atoms with Gasteiger partial charge in [0.25, 0.3) is 0 Å². The number of benzene rings is 2. The summed E-state index contributed by atoms with van der Waals surface area (Å²) in [6, 6.07) is 9.99. The highest BCUT2D eigenvalue weighted by Gasteiger charge is 2.18. The van der Waals surface area contributed by atoms with Crippen LogP contribution in [0, 0.1) is 4.91 Å². The smallest absolute Gasteiger partial charge is 0.338 e. The summed E-state index contributed by atoms with van der Waals surface area (Å²) in [5.74, 6) is -1.54. The summed E-state index contributed by atoms with van der Waals surface area (Å²) in [4.78, 5) is 39.6. The lowest BCUT2D eigenvalue weighted by molar-refractivity contribution is 0.0697. The molecule has 0 saturated carbocycles. The van der Waals surface area contributed by atoms with Gasteiger partial charge in [-0.25, -0.2) is 4.79 Å². The minimum Gasteiger partial charge on any atom is -0.506 e. The van der Waals surface area contributed by atoms with Crippen LogP contribution in [0.1, 0.15) is 57.2 Å². The molecule has 3 aromatic rings. The van der Waals surface area contributed by atoms with Gasteiger partial charge in [-0.05, 0) is 72.7 Å². The van der Waals surface area contributed by atoms with Crippen LogP contribution in [0.25, 0.3) is 10.4 Å². The van der Waals surface area contributed by atoms with E-state index in [0.717, 1.165) is 29.3 Å². The molecular formula is C25H22N2O5S. The number of carbonyl (C=O) groups excluding carboxylic acids is 1. The molecule has 2 aromatic carbocycles. The lowest BCUT2D eigenvalue weighted by Gasteiger charge is -2.16. The number of rotatable bonds is 7. The number of hydrogen-bond acceptors (Lipinski definition) is 7. The van der Waals surface area contributed by atoms with Crippen LogP contribution in [0.15, 0.2) is 51.9 Å². The molecule has 0 saturated heterocycles. The third-order valence-electron chi connectivity index (χ3n) is 5.87. The van der Waals surface area contributed by atoms with Crippen LogP contribution in [-0.4, -0.2) is 34.2 Å². The zero-order chi connectivity index (χ0) is 23.5. The Morgan fingerprint density at radius 2 is 1.79 bits per heavy atom. The summed E-state index contributed by atoms with van der Waals surface area (Å²) in [5.41, 5.74) is 4.34. The first-order valence-corrected chi connectivity index (χ1v) is 11.4. The van der Waals surface area contributed by atoms with Crippen LogP contribution in [0.2, 0.25) is 0 Å². The zero-order valence-electron chi connectivity index (χ0n) is 18.0. The molecule has 0 amide bonds. The van der Waals surface area contributed by atoms with Crippen molar-refractivity contribution in [2.45, 2.75) is 32.6 Å². The topological polar surface area (TPSA) is 116 Å². The fraction of sp³-hybridized carbons (Fsp3) is 0.240. The number of nitroso groups, excluding NO2 is 1. The molecule has 1 aromatic heterocycles. The Labute approximate surface area is 194 Å². The predicted octanol–water partition coefficient (Wildman–Crippen LogP) is 5.79. The van der Waals surface area contributed by atoms with Crippen molar-refractivity contribution in [3.05, 3.63) is 74.5 Å². The Hall–Kier alpha value is -3.65. The van der Waals surface area contributed by atoms with E-state index in [1.54, 1.807) is 6.92 Å². The summed E-state index contributed by atoms with van der Waals surface area (Å²) in [7, 11) is 0.